The minimum Gasteiger partial charge on any atom is -0.359 e. The summed E-state index contributed by atoms with van der Waals surface area (Å²) in [5.74, 6) is -1.65. The highest BCUT2D eigenvalue weighted by molar-refractivity contribution is 6.03. The van der Waals surface area contributed by atoms with Gasteiger partial charge in [-0.05, 0) is 64.2 Å². The second-order valence-corrected chi connectivity index (χ2v) is 11.8. The van der Waals surface area contributed by atoms with E-state index in [4.69, 9.17) is 4.74 Å². The Kier molecular flexibility index (Phi) is 5.82. The van der Waals surface area contributed by atoms with Gasteiger partial charge in [-0.15, -0.1) is 0 Å². The number of aryl methyl sites for hydroxylation is 1. The number of hydrogen-bond acceptors (Lipinski definition) is 4. The van der Waals surface area contributed by atoms with Crippen LogP contribution >= 0.6 is 0 Å². The molecule has 7 nitrogen and oxygen atoms in total. The van der Waals surface area contributed by atoms with Crippen LogP contribution in [0.15, 0.2) is 36.4 Å². The highest BCUT2D eigenvalue weighted by atomic mass is 16.5. The number of hydrogen-bond donors (Lipinski definition) is 2. The van der Waals surface area contributed by atoms with Gasteiger partial charge < -0.3 is 20.3 Å². The first kappa shape index (κ1) is 24.0. The van der Waals surface area contributed by atoms with Crippen LogP contribution in [0, 0.1) is 24.7 Å². The van der Waals surface area contributed by atoms with Crippen LogP contribution in [-0.2, 0) is 19.1 Å². The third kappa shape index (κ3) is 3.88. The number of carbonyl (C=O) groups is 3. The molecule has 2 bridgehead atoms. The summed E-state index contributed by atoms with van der Waals surface area (Å²) in [5, 5.41) is 6.25. The molecule has 1 spiro atoms. The summed E-state index contributed by atoms with van der Waals surface area (Å²) in [5.41, 5.74) is -0.0168. The number of ether oxygens (including phenoxy) is 1. The number of benzene rings is 1. The zero-order valence-corrected chi connectivity index (χ0v) is 21.3. The number of nitrogens with one attached hydrogen (secondary N) is 2. The molecule has 0 radical (unpaired) electrons. The number of nitrogens with zero attached hydrogens (tertiary/aromatic N) is 1. The van der Waals surface area contributed by atoms with Gasteiger partial charge in [0.2, 0.25) is 17.7 Å². The quantitative estimate of drug-likeness (QED) is 0.647. The first-order valence-electron chi connectivity index (χ1n) is 12.9. The van der Waals surface area contributed by atoms with Crippen molar-refractivity contribution in [1.82, 2.24) is 10.2 Å². The molecule has 1 aromatic carbocycles. The molecule has 4 aliphatic rings. The molecule has 3 aliphatic heterocycles. The van der Waals surface area contributed by atoms with Crippen LogP contribution in [0.2, 0.25) is 0 Å². The van der Waals surface area contributed by atoms with E-state index in [0.29, 0.717) is 11.6 Å². The summed E-state index contributed by atoms with van der Waals surface area (Å²) in [4.78, 5) is 43.0. The van der Waals surface area contributed by atoms with Crippen molar-refractivity contribution < 1.29 is 19.1 Å². The maximum atomic E-state index is 14.0. The van der Waals surface area contributed by atoms with E-state index in [1.807, 2.05) is 64.1 Å². The van der Waals surface area contributed by atoms with Crippen molar-refractivity contribution in [2.24, 2.45) is 17.8 Å². The largest absolute Gasteiger partial charge is 0.359 e. The van der Waals surface area contributed by atoms with Crippen LogP contribution in [0.5, 0.6) is 0 Å². The van der Waals surface area contributed by atoms with Crippen LogP contribution < -0.4 is 10.6 Å². The fraction of sp³-hybridized carbons (Fsp3) is 0.607. The average molecular weight is 480 g/mol. The summed E-state index contributed by atoms with van der Waals surface area (Å²) in [6, 6.07) is 6.87. The molecule has 3 fully saturated rings. The third-order valence-electron chi connectivity index (χ3n) is 8.27. The van der Waals surface area contributed by atoms with E-state index in [9.17, 15) is 14.4 Å². The fourth-order valence-corrected chi connectivity index (χ4v) is 6.63. The predicted molar refractivity (Wildman–Crippen MR) is 133 cm³/mol. The van der Waals surface area contributed by atoms with Crippen LogP contribution in [-0.4, -0.2) is 51.9 Å². The third-order valence-corrected chi connectivity index (χ3v) is 8.27. The predicted octanol–water partition coefficient (Wildman–Crippen LogP) is 3.58. The lowest BCUT2D eigenvalue weighted by molar-refractivity contribution is -0.147. The van der Waals surface area contributed by atoms with Crippen molar-refractivity contribution in [3.8, 4) is 0 Å². The van der Waals surface area contributed by atoms with E-state index in [1.165, 1.54) is 6.42 Å². The fourth-order valence-electron chi connectivity index (χ4n) is 6.63. The summed E-state index contributed by atoms with van der Waals surface area (Å²) in [6.45, 7) is 9.94. The van der Waals surface area contributed by atoms with Gasteiger partial charge in [-0.25, -0.2) is 0 Å². The first-order valence-corrected chi connectivity index (χ1v) is 12.9. The van der Waals surface area contributed by atoms with Crippen LogP contribution in [0.25, 0.3) is 0 Å². The maximum Gasteiger partial charge on any atom is 0.246 e. The molecule has 1 saturated carbocycles. The van der Waals surface area contributed by atoms with Crippen LogP contribution in [0.1, 0.15) is 58.9 Å². The smallest absolute Gasteiger partial charge is 0.246 e. The Morgan fingerprint density at radius 3 is 2.57 bits per heavy atom. The van der Waals surface area contributed by atoms with E-state index >= 15 is 0 Å². The Bertz CT molecular complexity index is 1080. The van der Waals surface area contributed by atoms with Gasteiger partial charge in [0, 0.05) is 17.3 Å². The summed E-state index contributed by atoms with van der Waals surface area (Å²) in [7, 11) is 0. The standard InChI is InChI=1S/C28H37N3O4/c1-16-9-8-11-18(15-16)29-24(32)21-20-13-14-28(35-20)22(21)26(34)31(27(3,4)5)23(28)25(33)30-19-12-7-6-10-17(19)2/h8-9,11,13-15,17,19-23H,6-7,10,12H2,1-5H3,(H,29,32)(H,30,33). The Morgan fingerprint density at radius 1 is 1.14 bits per heavy atom. The zero-order chi connectivity index (χ0) is 25.1. The Labute approximate surface area is 207 Å². The monoisotopic (exact) mass is 479 g/mol. The van der Waals surface area contributed by atoms with Crippen molar-refractivity contribution in [2.45, 2.75) is 89.6 Å². The van der Waals surface area contributed by atoms with E-state index in [1.54, 1.807) is 4.90 Å². The minimum absolute atomic E-state index is 0.0895. The van der Waals surface area contributed by atoms with Crippen molar-refractivity contribution in [1.29, 1.82) is 0 Å². The highest BCUT2D eigenvalue weighted by Crippen LogP contribution is 2.56. The Morgan fingerprint density at radius 2 is 1.89 bits per heavy atom. The number of anilines is 1. The average Bonchev–Trinajstić information content (AvgIpc) is 3.42. The lowest BCUT2D eigenvalue weighted by atomic mass is 9.74. The minimum atomic E-state index is -1.13. The first-order chi connectivity index (χ1) is 16.5. The molecular weight excluding hydrogens is 442 g/mol. The van der Waals surface area contributed by atoms with Crippen molar-refractivity contribution in [2.75, 3.05) is 5.32 Å². The molecule has 1 aromatic rings. The molecule has 1 aliphatic carbocycles. The molecule has 2 saturated heterocycles. The summed E-state index contributed by atoms with van der Waals surface area (Å²) < 4.78 is 6.43. The zero-order valence-electron chi connectivity index (χ0n) is 21.3. The van der Waals surface area contributed by atoms with E-state index in [2.05, 4.69) is 17.6 Å². The molecule has 3 amide bonds. The van der Waals surface area contributed by atoms with Crippen LogP contribution in [0.3, 0.4) is 0 Å². The van der Waals surface area contributed by atoms with Gasteiger partial charge in [-0.3, -0.25) is 14.4 Å². The number of likely N-dealkylation sites (tertiary alicyclic amines) is 1. The number of fused-ring (bicyclic) bond motifs is 1. The molecular formula is C28H37N3O4. The van der Waals surface area contributed by atoms with Gasteiger partial charge >= 0.3 is 0 Å². The number of rotatable bonds is 4. The van der Waals surface area contributed by atoms with Gasteiger partial charge in [-0.1, -0.05) is 44.1 Å². The van der Waals surface area contributed by atoms with Gasteiger partial charge in [0.05, 0.1) is 17.9 Å². The molecule has 0 aromatic heterocycles. The lowest BCUT2D eigenvalue weighted by Crippen LogP contribution is -2.61. The summed E-state index contributed by atoms with van der Waals surface area (Å²) in [6.07, 6.45) is 7.51. The molecule has 188 valence electrons. The molecule has 2 N–H and O–H groups in total. The molecule has 7 atom stereocenters. The van der Waals surface area contributed by atoms with Gasteiger partial charge in [-0.2, -0.15) is 0 Å². The normalized spacial score (nSPS) is 35.8. The van der Waals surface area contributed by atoms with Crippen molar-refractivity contribution in [3.63, 3.8) is 0 Å². The second-order valence-electron chi connectivity index (χ2n) is 11.8. The lowest BCUT2D eigenvalue weighted by Gasteiger charge is -2.41. The number of amides is 3. The Balaban J connectivity index is 1.47. The Hall–Kier alpha value is -2.67. The van der Waals surface area contributed by atoms with Crippen molar-refractivity contribution >= 4 is 23.4 Å². The topological polar surface area (TPSA) is 87.7 Å². The molecule has 7 heteroatoms. The number of carbonyl (C=O) groups excluding carboxylic acids is 3. The molecule has 3 heterocycles. The van der Waals surface area contributed by atoms with Crippen molar-refractivity contribution in [3.05, 3.63) is 42.0 Å². The highest BCUT2D eigenvalue weighted by Gasteiger charge is 2.74. The molecule has 7 unspecified atom stereocenters. The second kappa shape index (κ2) is 8.47. The van der Waals surface area contributed by atoms with E-state index in [0.717, 1.165) is 24.8 Å². The molecule has 35 heavy (non-hydrogen) atoms. The van der Waals surface area contributed by atoms with Crippen LogP contribution in [0.4, 0.5) is 5.69 Å². The van der Waals surface area contributed by atoms with Gasteiger partial charge in [0.25, 0.3) is 0 Å². The summed E-state index contributed by atoms with van der Waals surface area (Å²) >= 11 is 0. The van der Waals surface area contributed by atoms with E-state index in [-0.39, 0.29) is 23.8 Å². The SMILES string of the molecule is Cc1cccc(NC(=O)C2C3C=CC4(O3)C2C(=O)N(C(C)(C)C)C4C(=O)NC2CCCCC2C)c1. The van der Waals surface area contributed by atoms with Gasteiger partial charge in [0.1, 0.15) is 11.6 Å². The van der Waals surface area contributed by atoms with E-state index < -0.39 is 35.1 Å². The maximum absolute atomic E-state index is 14.0. The van der Waals surface area contributed by atoms with Gasteiger partial charge in [0.15, 0.2) is 0 Å². The molecule has 5 rings (SSSR count).